The van der Waals surface area contributed by atoms with E-state index in [0.717, 1.165) is 13.0 Å². The molecule has 0 aliphatic heterocycles. The predicted octanol–water partition coefficient (Wildman–Crippen LogP) is 4.88. The molecule has 0 unspecified atom stereocenters. The van der Waals surface area contributed by atoms with E-state index >= 15 is 0 Å². The average Bonchev–Trinajstić information content (AvgIpc) is 2.26. The van der Waals surface area contributed by atoms with Crippen molar-refractivity contribution in [2.75, 3.05) is 5.73 Å². The molecule has 1 rings (SSSR count). The van der Waals surface area contributed by atoms with Gasteiger partial charge in [0, 0.05) is 0 Å². The van der Waals surface area contributed by atoms with E-state index in [1.807, 2.05) is 13.8 Å². The highest BCUT2D eigenvalue weighted by atomic mass is 19.4. The van der Waals surface area contributed by atoms with Crippen LogP contribution in [-0.2, 0) is 6.18 Å². The highest BCUT2D eigenvalue weighted by molar-refractivity contribution is 5.52. The number of nitrogens with two attached hydrogens (primary N) is 1. The van der Waals surface area contributed by atoms with Crippen molar-refractivity contribution in [1.29, 1.82) is 0 Å². The van der Waals surface area contributed by atoms with Crippen LogP contribution < -0.4 is 5.73 Å². The minimum Gasteiger partial charge on any atom is -0.396 e. The molecule has 0 aromatic heterocycles. The van der Waals surface area contributed by atoms with E-state index in [2.05, 4.69) is 0 Å². The van der Waals surface area contributed by atoms with Crippen molar-refractivity contribution < 1.29 is 17.6 Å². The van der Waals surface area contributed by atoms with Gasteiger partial charge in [-0.3, -0.25) is 0 Å². The first-order chi connectivity index (χ1) is 8.16. The van der Waals surface area contributed by atoms with Gasteiger partial charge in [-0.2, -0.15) is 13.2 Å². The summed E-state index contributed by atoms with van der Waals surface area (Å²) in [6.07, 6.45) is -4.56. The fourth-order valence-corrected chi connectivity index (χ4v) is 1.68. The molecule has 0 aliphatic rings. The zero-order chi connectivity index (χ0) is 14.7. The van der Waals surface area contributed by atoms with Gasteiger partial charge in [0.05, 0.1) is 11.3 Å². The summed E-state index contributed by atoms with van der Waals surface area (Å²) in [6, 6.07) is 1.07. The number of benzene rings is 1. The number of anilines is 1. The number of hydrogen-bond acceptors (Lipinski definition) is 1. The quantitative estimate of drug-likeness (QED) is 0.568. The van der Waals surface area contributed by atoms with E-state index in [9.17, 15) is 17.6 Å². The Labute approximate surface area is 105 Å². The van der Waals surface area contributed by atoms with Crippen LogP contribution in [0.15, 0.2) is 6.07 Å². The maximum absolute atomic E-state index is 13.3. The van der Waals surface area contributed by atoms with Crippen LogP contribution in [-0.4, -0.2) is 0 Å². The number of halogens is 4. The molecule has 0 fully saturated rings. The van der Waals surface area contributed by atoms with Crippen molar-refractivity contribution >= 4 is 5.69 Å². The van der Waals surface area contributed by atoms with Gasteiger partial charge in [0.15, 0.2) is 0 Å². The minimum atomic E-state index is -4.56. The summed E-state index contributed by atoms with van der Waals surface area (Å²) in [7, 11) is 0. The summed E-state index contributed by atoms with van der Waals surface area (Å²) in [5.41, 5.74) is 3.78. The van der Waals surface area contributed by atoms with Gasteiger partial charge in [-0.15, -0.1) is 0 Å². The molecule has 0 heterocycles. The lowest BCUT2D eigenvalue weighted by molar-refractivity contribution is -0.139. The lowest BCUT2D eigenvalue weighted by Crippen LogP contribution is -2.15. The Hall–Kier alpha value is -1.26. The van der Waals surface area contributed by atoms with Crippen molar-refractivity contribution in [3.05, 3.63) is 28.6 Å². The van der Waals surface area contributed by atoms with Gasteiger partial charge in [-0.25, -0.2) is 4.39 Å². The van der Waals surface area contributed by atoms with Gasteiger partial charge in [-0.05, 0) is 30.0 Å². The molecule has 1 nitrogen and oxygen atoms in total. The Balaban J connectivity index is 0.00000137. The molecule has 0 aliphatic carbocycles. The van der Waals surface area contributed by atoms with Crippen molar-refractivity contribution in [1.82, 2.24) is 0 Å². The molecular weight excluding hydrogens is 246 g/mol. The summed E-state index contributed by atoms with van der Waals surface area (Å²) in [6.45, 7) is 8.32. The maximum Gasteiger partial charge on any atom is 0.417 e. The van der Waals surface area contributed by atoms with Crippen molar-refractivity contribution in [2.45, 2.75) is 46.7 Å². The molecule has 0 bridgehead atoms. The lowest BCUT2D eigenvalue weighted by atomic mass is 9.92. The Bertz CT molecular complexity index is 408. The highest BCUT2D eigenvalue weighted by Gasteiger charge is 2.37. The van der Waals surface area contributed by atoms with Gasteiger partial charge in [0.2, 0.25) is 0 Å². The molecule has 5 heteroatoms. The molecule has 2 N–H and O–H groups in total. The third-order valence-electron chi connectivity index (χ3n) is 2.46. The van der Waals surface area contributed by atoms with E-state index in [0.29, 0.717) is 0 Å². The topological polar surface area (TPSA) is 26.0 Å². The Morgan fingerprint density at radius 3 is 1.94 bits per heavy atom. The average molecular weight is 265 g/mol. The fourth-order valence-electron chi connectivity index (χ4n) is 1.68. The van der Waals surface area contributed by atoms with E-state index in [4.69, 9.17) is 5.73 Å². The first-order valence-corrected chi connectivity index (χ1v) is 5.82. The second kappa shape index (κ2) is 6.07. The van der Waals surface area contributed by atoms with Crippen LogP contribution in [0, 0.1) is 12.7 Å². The van der Waals surface area contributed by atoms with Crippen LogP contribution in [0.2, 0.25) is 0 Å². The Kier molecular flexibility index (Phi) is 5.64. The van der Waals surface area contributed by atoms with Crippen molar-refractivity contribution in [3.63, 3.8) is 0 Å². The SMILES string of the molecule is CC.Cc1c(F)c(N)cc(C(C)C)c1C(F)(F)F. The monoisotopic (exact) mass is 265 g/mol. The van der Waals surface area contributed by atoms with Gasteiger partial charge >= 0.3 is 6.18 Å². The molecule has 0 saturated heterocycles. The fraction of sp³-hybridized carbons (Fsp3) is 0.538. The first-order valence-electron chi connectivity index (χ1n) is 5.82. The van der Waals surface area contributed by atoms with Crippen LogP contribution >= 0.6 is 0 Å². The molecule has 1 aromatic rings. The third kappa shape index (κ3) is 3.37. The molecule has 0 saturated carbocycles. The molecule has 0 spiro atoms. The smallest absolute Gasteiger partial charge is 0.396 e. The van der Waals surface area contributed by atoms with E-state index in [-0.39, 0.29) is 17.2 Å². The molecule has 104 valence electrons. The zero-order valence-electron chi connectivity index (χ0n) is 11.2. The van der Waals surface area contributed by atoms with Crippen LogP contribution in [0.25, 0.3) is 0 Å². The van der Waals surface area contributed by atoms with Crippen molar-refractivity contribution in [3.8, 4) is 0 Å². The maximum atomic E-state index is 13.3. The van der Waals surface area contributed by atoms with Gasteiger partial charge in [-0.1, -0.05) is 27.7 Å². The molecule has 1 aromatic carbocycles. The van der Waals surface area contributed by atoms with E-state index in [1.165, 1.54) is 0 Å². The molecule has 18 heavy (non-hydrogen) atoms. The van der Waals surface area contributed by atoms with Gasteiger partial charge in [0.25, 0.3) is 0 Å². The van der Waals surface area contributed by atoms with Crippen LogP contribution in [0.5, 0.6) is 0 Å². The van der Waals surface area contributed by atoms with Crippen LogP contribution in [0.3, 0.4) is 0 Å². The summed E-state index contributed by atoms with van der Waals surface area (Å²) < 4.78 is 51.7. The van der Waals surface area contributed by atoms with Crippen LogP contribution in [0.1, 0.15) is 50.3 Å². The van der Waals surface area contributed by atoms with Gasteiger partial charge < -0.3 is 5.73 Å². The van der Waals surface area contributed by atoms with E-state index < -0.39 is 23.1 Å². The number of hydrogen-bond donors (Lipinski definition) is 1. The van der Waals surface area contributed by atoms with E-state index in [1.54, 1.807) is 13.8 Å². The standard InChI is InChI=1S/C11H13F4N.C2H6/c1-5(2)7-4-8(16)10(12)6(3)9(7)11(13,14)15;1-2/h4-5H,16H2,1-3H3;1-2H3. The van der Waals surface area contributed by atoms with Gasteiger partial charge in [0.1, 0.15) is 5.82 Å². The highest BCUT2D eigenvalue weighted by Crippen LogP contribution is 2.39. The summed E-state index contributed by atoms with van der Waals surface area (Å²) in [5.74, 6) is -1.35. The molecule has 0 radical (unpaired) electrons. The van der Waals surface area contributed by atoms with Crippen LogP contribution in [0.4, 0.5) is 23.2 Å². The lowest BCUT2D eigenvalue weighted by Gasteiger charge is -2.19. The normalized spacial score (nSPS) is 11.2. The summed E-state index contributed by atoms with van der Waals surface area (Å²) in [5, 5.41) is 0. The molecule has 0 amide bonds. The molecule has 0 atom stereocenters. The zero-order valence-corrected chi connectivity index (χ0v) is 11.2. The largest absolute Gasteiger partial charge is 0.417 e. The summed E-state index contributed by atoms with van der Waals surface area (Å²) in [4.78, 5) is 0. The number of rotatable bonds is 1. The second-order valence-electron chi connectivity index (χ2n) is 4.02. The second-order valence-corrected chi connectivity index (χ2v) is 4.02. The van der Waals surface area contributed by atoms with Crippen molar-refractivity contribution in [2.24, 2.45) is 0 Å². The third-order valence-corrected chi connectivity index (χ3v) is 2.46. The Morgan fingerprint density at radius 2 is 1.61 bits per heavy atom. The minimum absolute atomic E-state index is 0.0314. The molecular formula is C13H19F4N. The predicted molar refractivity (Wildman–Crippen MR) is 66.0 cm³/mol. The first kappa shape index (κ1) is 16.7. The number of nitrogen functional groups attached to an aromatic ring is 1. The Morgan fingerprint density at radius 1 is 1.17 bits per heavy atom. The number of alkyl halides is 3. The summed E-state index contributed by atoms with van der Waals surface area (Å²) >= 11 is 0.